The first-order valence-corrected chi connectivity index (χ1v) is 5.95. The summed E-state index contributed by atoms with van der Waals surface area (Å²) < 4.78 is 64.1. The Morgan fingerprint density at radius 3 is 2.26 bits per heavy atom. The maximum absolute atomic E-state index is 12.9. The third kappa shape index (κ3) is 3.02. The number of hydrogen-bond acceptors (Lipinski definition) is 2. The van der Waals surface area contributed by atoms with Gasteiger partial charge in [-0.2, -0.15) is 13.2 Å². The van der Waals surface area contributed by atoms with Gasteiger partial charge in [-0.1, -0.05) is 12.1 Å². The molecule has 1 aromatic rings. The monoisotopic (exact) mass is 298 g/mol. The molecule has 7 heteroatoms. The predicted octanol–water partition coefficient (Wildman–Crippen LogP) is 3.70. The normalized spacial score (nSPS) is 21.0. The lowest BCUT2D eigenvalue weighted by Gasteiger charge is -2.43. The molecule has 0 amide bonds. The number of halogens is 5. The van der Waals surface area contributed by atoms with E-state index >= 15 is 0 Å². The van der Waals surface area contributed by atoms with E-state index in [1.165, 1.54) is 18.2 Å². The molecule has 0 heterocycles. The van der Waals surface area contributed by atoms with Crippen LogP contribution in [0.2, 0.25) is 0 Å². The molecule has 0 unspecified atom stereocenters. The molecule has 0 aliphatic heterocycles. The summed E-state index contributed by atoms with van der Waals surface area (Å²) in [6.07, 6.45) is -6.70. The zero-order valence-electron chi connectivity index (χ0n) is 9.64. The zero-order chi connectivity index (χ0) is 14.5. The second kappa shape index (κ2) is 4.34. The molecule has 0 radical (unpaired) electrons. The smallest absolute Gasteiger partial charge is 0.389 e. The van der Waals surface area contributed by atoms with Gasteiger partial charge in [0.2, 0.25) is 0 Å². The molecule has 1 saturated carbocycles. The summed E-state index contributed by atoms with van der Waals surface area (Å²) in [7, 11) is 0. The predicted molar refractivity (Wildman–Crippen MR) is 61.5 cm³/mol. The van der Waals surface area contributed by atoms with E-state index in [2.05, 4.69) is 12.6 Å². The number of rotatable bonds is 2. The second-order valence-electron chi connectivity index (χ2n) is 4.92. The van der Waals surface area contributed by atoms with Crippen LogP contribution >= 0.6 is 12.6 Å². The van der Waals surface area contributed by atoms with Crippen molar-refractivity contribution in [3.8, 4) is 0 Å². The van der Waals surface area contributed by atoms with E-state index in [-0.39, 0.29) is 10.5 Å². The summed E-state index contributed by atoms with van der Waals surface area (Å²) in [6, 6.07) is 3.71. The fourth-order valence-corrected chi connectivity index (χ4v) is 2.81. The quantitative estimate of drug-likeness (QED) is 0.630. The Balaban J connectivity index is 2.30. The first kappa shape index (κ1) is 14.6. The summed E-state index contributed by atoms with van der Waals surface area (Å²) in [6.45, 7) is 0. The fourth-order valence-electron chi connectivity index (χ4n) is 2.45. The molecule has 2 rings (SSSR count). The molecule has 0 saturated heterocycles. The minimum Gasteiger partial charge on any atom is -0.389 e. The van der Waals surface area contributed by atoms with Crippen LogP contribution in [0.3, 0.4) is 0 Å². The van der Waals surface area contributed by atoms with Crippen LogP contribution < -0.4 is 0 Å². The lowest BCUT2D eigenvalue weighted by atomic mass is 9.72. The van der Waals surface area contributed by atoms with E-state index in [0.29, 0.717) is 0 Å². The van der Waals surface area contributed by atoms with Gasteiger partial charge in [-0.25, -0.2) is 8.78 Å². The topological polar surface area (TPSA) is 20.2 Å². The van der Waals surface area contributed by atoms with Gasteiger partial charge < -0.3 is 5.11 Å². The molecule has 1 aliphatic carbocycles. The Kier molecular flexibility index (Phi) is 3.33. The molecule has 0 spiro atoms. The SMILES string of the molecule is OC1(Cc2cccc(S)c2C(F)(F)F)CC(F)(F)C1. The fraction of sp³-hybridized carbons (Fsp3) is 0.500. The van der Waals surface area contributed by atoms with E-state index in [1.54, 1.807) is 0 Å². The lowest BCUT2D eigenvalue weighted by Crippen LogP contribution is -2.53. The molecule has 19 heavy (non-hydrogen) atoms. The highest BCUT2D eigenvalue weighted by atomic mass is 32.1. The number of alkyl halides is 5. The summed E-state index contributed by atoms with van der Waals surface area (Å²) in [5.41, 5.74) is -2.95. The molecular formula is C12H11F5OS. The van der Waals surface area contributed by atoms with Crippen LogP contribution in [0.5, 0.6) is 0 Å². The highest BCUT2D eigenvalue weighted by Gasteiger charge is 2.56. The van der Waals surface area contributed by atoms with E-state index in [1.807, 2.05) is 0 Å². The van der Waals surface area contributed by atoms with Crippen molar-refractivity contribution in [2.75, 3.05) is 0 Å². The van der Waals surface area contributed by atoms with Crippen LogP contribution in [0.1, 0.15) is 24.0 Å². The molecule has 1 aromatic carbocycles. The van der Waals surface area contributed by atoms with E-state index < -0.39 is 42.5 Å². The van der Waals surface area contributed by atoms with Gasteiger partial charge in [0.1, 0.15) is 0 Å². The number of thiol groups is 1. The van der Waals surface area contributed by atoms with Gasteiger partial charge in [-0.3, -0.25) is 0 Å². The van der Waals surface area contributed by atoms with Crippen molar-refractivity contribution in [3.63, 3.8) is 0 Å². The number of benzene rings is 1. The average molecular weight is 298 g/mol. The Bertz CT molecular complexity index is 489. The van der Waals surface area contributed by atoms with Crippen molar-refractivity contribution in [1.82, 2.24) is 0 Å². The van der Waals surface area contributed by atoms with Crippen LogP contribution in [0.4, 0.5) is 22.0 Å². The number of hydrogen-bond donors (Lipinski definition) is 2. The Hall–Kier alpha value is -0.820. The van der Waals surface area contributed by atoms with Gasteiger partial charge in [0.25, 0.3) is 5.92 Å². The van der Waals surface area contributed by atoms with Crippen molar-refractivity contribution in [2.24, 2.45) is 0 Å². The molecule has 0 atom stereocenters. The van der Waals surface area contributed by atoms with Crippen molar-refractivity contribution >= 4 is 12.6 Å². The van der Waals surface area contributed by atoms with Crippen molar-refractivity contribution in [1.29, 1.82) is 0 Å². The standard InChI is InChI=1S/C12H11F5OS/c13-11(14)5-10(18,6-11)4-7-2-1-3-8(19)9(7)12(15,16)17/h1-3,18-19H,4-6H2. The summed E-state index contributed by atoms with van der Waals surface area (Å²) in [5.74, 6) is -2.99. The van der Waals surface area contributed by atoms with Gasteiger partial charge in [-0.05, 0) is 11.6 Å². The van der Waals surface area contributed by atoms with Crippen LogP contribution in [-0.2, 0) is 12.6 Å². The molecule has 0 bridgehead atoms. The minimum atomic E-state index is -4.63. The van der Waals surface area contributed by atoms with Crippen molar-refractivity contribution < 1.29 is 27.1 Å². The minimum absolute atomic E-state index is 0.210. The molecule has 106 valence electrons. The van der Waals surface area contributed by atoms with Crippen molar-refractivity contribution in [2.45, 2.75) is 41.9 Å². The average Bonchev–Trinajstić information content (AvgIpc) is 2.10. The van der Waals surface area contributed by atoms with Gasteiger partial charge in [0.15, 0.2) is 0 Å². The third-order valence-electron chi connectivity index (χ3n) is 3.11. The Labute approximate surface area is 111 Å². The van der Waals surface area contributed by atoms with Crippen LogP contribution in [0, 0.1) is 0 Å². The van der Waals surface area contributed by atoms with Crippen molar-refractivity contribution in [3.05, 3.63) is 29.3 Å². The molecule has 1 nitrogen and oxygen atoms in total. The summed E-state index contributed by atoms with van der Waals surface area (Å²) >= 11 is 3.74. The van der Waals surface area contributed by atoms with Gasteiger partial charge in [0, 0.05) is 24.2 Å². The summed E-state index contributed by atoms with van der Waals surface area (Å²) in [4.78, 5) is -0.278. The Morgan fingerprint density at radius 1 is 1.21 bits per heavy atom. The molecule has 1 N–H and O–H groups in total. The highest BCUT2D eigenvalue weighted by Crippen LogP contribution is 2.48. The number of aliphatic hydroxyl groups is 1. The van der Waals surface area contributed by atoms with E-state index in [9.17, 15) is 27.1 Å². The lowest BCUT2D eigenvalue weighted by molar-refractivity contribution is -0.204. The van der Waals surface area contributed by atoms with E-state index in [4.69, 9.17) is 0 Å². The summed E-state index contributed by atoms with van der Waals surface area (Å²) in [5, 5.41) is 9.81. The van der Waals surface area contributed by atoms with E-state index in [0.717, 1.165) is 0 Å². The third-order valence-corrected chi connectivity index (χ3v) is 3.48. The van der Waals surface area contributed by atoms with Crippen LogP contribution in [0.15, 0.2) is 23.1 Å². The highest BCUT2D eigenvalue weighted by molar-refractivity contribution is 7.80. The van der Waals surface area contributed by atoms with Crippen LogP contribution in [0.25, 0.3) is 0 Å². The van der Waals surface area contributed by atoms with Gasteiger partial charge in [0.05, 0.1) is 11.2 Å². The first-order chi connectivity index (χ1) is 8.53. The zero-order valence-corrected chi connectivity index (χ0v) is 10.5. The molecular weight excluding hydrogens is 287 g/mol. The maximum atomic E-state index is 12.9. The van der Waals surface area contributed by atoms with Crippen LogP contribution in [-0.4, -0.2) is 16.6 Å². The Morgan fingerprint density at radius 2 is 1.79 bits per heavy atom. The second-order valence-corrected chi connectivity index (χ2v) is 5.40. The van der Waals surface area contributed by atoms with Gasteiger partial charge >= 0.3 is 6.18 Å². The van der Waals surface area contributed by atoms with Gasteiger partial charge in [-0.15, -0.1) is 12.6 Å². The largest absolute Gasteiger partial charge is 0.417 e. The molecule has 0 aromatic heterocycles. The molecule has 1 fully saturated rings. The maximum Gasteiger partial charge on any atom is 0.417 e. The first-order valence-electron chi connectivity index (χ1n) is 5.51. The molecule has 1 aliphatic rings.